The molecule has 2 aromatic carbocycles. The zero-order chi connectivity index (χ0) is 26.4. The van der Waals surface area contributed by atoms with Crippen LogP contribution in [0.3, 0.4) is 0 Å². The number of anilines is 2. The maximum absolute atomic E-state index is 12.8. The van der Waals surface area contributed by atoms with Gasteiger partial charge in [-0.2, -0.15) is 9.97 Å². The second-order valence-corrected chi connectivity index (χ2v) is 9.50. The van der Waals surface area contributed by atoms with E-state index in [0.29, 0.717) is 22.2 Å². The van der Waals surface area contributed by atoms with E-state index in [0.717, 1.165) is 0 Å². The molecule has 0 spiro atoms. The van der Waals surface area contributed by atoms with Crippen LogP contribution >= 0.6 is 11.6 Å². The van der Waals surface area contributed by atoms with Gasteiger partial charge < -0.3 is 23.9 Å². The highest BCUT2D eigenvalue weighted by molar-refractivity contribution is 7.92. The third kappa shape index (κ3) is 6.68. The summed E-state index contributed by atoms with van der Waals surface area (Å²) in [7, 11) is -1.27. The fourth-order valence-corrected chi connectivity index (χ4v) is 4.22. The van der Waals surface area contributed by atoms with Crippen LogP contribution in [0.1, 0.15) is 16.3 Å². The summed E-state index contributed by atoms with van der Waals surface area (Å²) in [5.74, 6) is 0.652. The smallest absolute Gasteiger partial charge is 0.321 e. The highest BCUT2D eigenvalue weighted by Crippen LogP contribution is 2.22. The lowest BCUT2D eigenvalue weighted by Crippen LogP contribution is -2.15. The first-order valence-electron chi connectivity index (χ1n) is 10.6. The number of furan rings is 1. The first-order chi connectivity index (χ1) is 17.8. The van der Waals surface area contributed by atoms with Gasteiger partial charge in [-0.05, 0) is 54.6 Å². The Labute approximate surface area is 217 Å². The van der Waals surface area contributed by atoms with Gasteiger partial charge >= 0.3 is 6.01 Å². The number of rotatable bonds is 10. The third-order valence-electron chi connectivity index (χ3n) is 4.80. The Bertz CT molecular complexity index is 1490. The van der Waals surface area contributed by atoms with E-state index < -0.39 is 15.9 Å². The molecule has 192 valence electrons. The topological polar surface area (TPSA) is 142 Å². The van der Waals surface area contributed by atoms with E-state index in [1.165, 1.54) is 50.6 Å². The maximum Gasteiger partial charge on any atom is 0.321 e. The molecule has 0 radical (unpaired) electrons. The van der Waals surface area contributed by atoms with Crippen LogP contribution in [-0.2, 0) is 16.6 Å². The molecule has 2 N–H and O–H groups in total. The molecule has 0 aliphatic rings. The first-order valence-corrected chi connectivity index (χ1v) is 12.5. The molecule has 0 saturated carbocycles. The van der Waals surface area contributed by atoms with E-state index in [2.05, 4.69) is 20.0 Å². The number of carbonyl (C=O) groups is 1. The molecular weight excluding hydrogens is 524 g/mol. The molecule has 13 heteroatoms. The summed E-state index contributed by atoms with van der Waals surface area (Å²) in [6, 6.07) is 16.8. The van der Waals surface area contributed by atoms with Gasteiger partial charge in [0.15, 0.2) is 11.6 Å². The lowest BCUT2D eigenvalue weighted by Gasteiger charge is -2.10. The van der Waals surface area contributed by atoms with Gasteiger partial charge in [0, 0.05) is 16.8 Å². The van der Waals surface area contributed by atoms with Crippen LogP contribution in [0.15, 0.2) is 76.0 Å². The van der Waals surface area contributed by atoms with Crippen molar-refractivity contribution in [3.05, 3.63) is 83.3 Å². The zero-order valence-electron chi connectivity index (χ0n) is 19.6. The summed E-state index contributed by atoms with van der Waals surface area (Å²) in [4.78, 5) is 20.4. The maximum atomic E-state index is 12.8. The molecule has 0 atom stereocenters. The summed E-state index contributed by atoms with van der Waals surface area (Å²) in [6.45, 7) is 0.108. The summed E-state index contributed by atoms with van der Waals surface area (Å²) < 4.78 is 49.0. The van der Waals surface area contributed by atoms with Crippen molar-refractivity contribution in [3.63, 3.8) is 0 Å². The number of nitrogens with zero attached hydrogens (tertiary/aromatic N) is 2. The molecule has 2 heterocycles. The van der Waals surface area contributed by atoms with E-state index in [1.54, 1.807) is 30.3 Å². The average molecular weight is 545 g/mol. The monoisotopic (exact) mass is 544 g/mol. The van der Waals surface area contributed by atoms with Crippen LogP contribution in [0, 0.1) is 0 Å². The predicted molar refractivity (Wildman–Crippen MR) is 135 cm³/mol. The van der Waals surface area contributed by atoms with Crippen molar-refractivity contribution in [2.24, 2.45) is 0 Å². The molecule has 2 aromatic heterocycles. The molecule has 0 fully saturated rings. The summed E-state index contributed by atoms with van der Waals surface area (Å²) in [5.41, 5.74) is 0.363. The zero-order valence-corrected chi connectivity index (χ0v) is 21.2. The first kappa shape index (κ1) is 25.8. The molecule has 4 aromatic rings. The van der Waals surface area contributed by atoms with Crippen LogP contribution < -0.4 is 24.2 Å². The molecular formula is C24H21ClN4O7S. The molecule has 37 heavy (non-hydrogen) atoms. The van der Waals surface area contributed by atoms with Crippen LogP contribution in [0.4, 0.5) is 11.5 Å². The van der Waals surface area contributed by atoms with Crippen molar-refractivity contribution in [3.8, 4) is 17.6 Å². The number of halogens is 1. The highest BCUT2D eigenvalue weighted by atomic mass is 35.5. The van der Waals surface area contributed by atoms with E-state index in [4.69, 9.17) is 30.2 Å². The third-order valence-corrected chi connectivity index (χ3v) is 6.40. The predicted octanol–water partition coefficient (Wildman–Crippen LogP) is 4.37. The minimum absolute atomic E-state index is 0.0333. The number of sulfonamides is 1. The molecule has 11 nitrogen and oxygen atoms in total. The van der Waals surface area contributed by atoms with Gasteiger partial charge in [-0.3, -0.25) is 9.52 Å². The highest BCUT2D eigenvalue weighted by Gasteiger charge is 2.18. The Hall–Kier alpha value is -4.29. The Balaban J connectivity index is 1.38. The number of aromatic nitrogens is 2. The van der Waals surface area contributed by atoms with Crippen molar-refractivity contribution in [1.82, 2.24) is 9.97 Å². The number of amides is 1. The molecule has 4 rings (SSSR count). The minimum Gasteiger partial charge on any atom is -0.486 e. The lowest BCUT2D eigenvalue weighted by molar-refractivity contribution is 0.0992. The standard InChI is InChI=1S/C24H21ClN4O7S/c1-33-22-13-21(27-24(28-22)34-2)29-37(31,32)19-9-6-16(7-10-19)26-23(30)20-11-8-18(36-20)14-35-17-5-3-4-15(25)12-17/h3-13H,14H2,1-2H3,(H,26,30)(H,27,28,29). The van der Waals surface area contributed by atoms with E-state index >= 15 is 0 Å². The Morgan fingerprint density at radius 3 is 2.49 bits per heavy atom. The SMILES string of the molecule is COc1cc(NS(=O)(=O)c2ccc(NC(=O)c3ccc(COc4cccc(Cl)c4)o3)cc2)nc(OC)n1. The van der Waals surface area contributed by atoms with Crippen molar-refractivity contribution < 1.29 is 31.8 Å². The molecule has 0 bridgehead atoms. The van der Waals surface area contributed by atoms with Gasteiger partial charge in [-0.15, -0.1) is 0 Å². The number of methoxy groups -OCH3 is 2. The normalized spacial score (nSPS) is 11.0. The molecule has 0 aliphatic carbocycles. The van der Waals surface area contributed by atoms with Gasteiger partial charge in [-0.1, -0.05) is 17.7 Å². The quantitative estimate of drug-likeness (QED) is 0.297. The van der Waals surface area contributed by atoms with Crippen molar-refractivity contribution in [1.29, 1.82) is 0 Å². The molecule has 0 saturated heterocycles. The number of benzene rings is 2. The van der Waals surface area contributed by atoms with Gasteiger partial charge in [-0.25, -0.2) is 8.42 Å². The second kappa shape index (κ2) is 11.2. The van der Waals surface area contributed by atoms with Crippen LogP contribution in [-0.4, -0.2) is 38.5 Å². The van der Waals surface area contributed by atoms with Gasteiger partial charge in [0.1, 0.15) is 18.1 Å². The van der Waals surface area contributed by atoms with Crippen LogP contribution in [0.25, 0.3) is 0 Å². The van der Waals surface area contributed by atoms with Gasteiger partial charge in [0.05, 0.1) is 19.1 Å². The number of carbonyl (C=O) groups excluding carboxylic acids is 1. The summed E-state index contributed by atoms with van der Waals surface area (Å²) in [5, 5.41) is 3.19. The fourth-order valence-electron chi connectivity index (χ4n) is 3.05. The molecule has 0 aliphatic heterocycles. The number of hydrogen-bond donors (Lipinski definition) is 2. The van der Waals surface area contributed by atoms with Crippen molar-refractivity contribution in [2.45, 2.75) is 11.5 Å². The van der Waals surface area contributed by atoms with E-state index in [-0.39, 0.29) is 35.0 Å². The van der Waals surface area contributed by atoms with Crippen LogP contribution in [0.2, 0.25) is 5.02 Å². The van der Waals surface area contributed by atoms with Gasteiger partial charge in [0.25, 0.3) is 15.9 Å². The average Bonchev–Trinajstić information content (AvgIpc) is 3.37. The fraction of sp³-hybridized carbons (Fsp3) is 0.125. The molecule has 1 amide bonds. The van der Waals surface area contributed by atoms with Crippen LogP contribution in [0.5, 0.6) is 17.6 Å². The van der Waals surface area contributed by atoms with E-state index in [1.807, 2.05) is 0 Å². The Kier molecular flexibility index (Phi) is 7.80. The van der Waals surface area contributed by atoms with Crippen molar-refractivity contribution in [2.75, 3.05) is 24.3 Å². The molecule has 0 unspecified atom stereocenters. The minimum atomic E-state index is -3.99. The summed E-state index contributed by atoms with van der Waals surface area (Å²) in [6.07, 6.45) is 0. The number of hydrogen-bond acceptors (Lipinski definition) is 9. The van der Waals surface area contributed by atoms with E-state index in [9.17, 15) is 13.2 Å². The Morgan fingerprint density at radius 1 is 1.00 bits per heavy atom. The Morgan fingerprint density at radius 2 is 1.78 bits per heavy atom. The lowest BCUT2D eigenvalue weighted by atomic mass is 10.3. The second-order valence-electron chi connectivity index (χ2n) is 7.38. The van der Waals surface area contributed by atoms with Crippen molar-refractivity contribution >= 4 is 39.0 Å². The number of nitrogens with one attached hydrogen (secondary N) is 2. The number of ether oxygens (including phenoxy) is 3. The van der Waals surface area contributed by atoms with Gasteiger partial charge in [0.2, 0.25) is 5.88 Å². The largest absolute Gasteiger partial charge is 0.486 e. The summed E-state index contributed by atoms with van der Waals surface area (Å²) >= 11 is 5.94.